The van der Waals surface area contributed by atoms with Gasteiger partial charge in [0.2, 0.25) is 0 Å². The molecule has 1 aromatic heterocycles. The van der Waals surface area contributed by atoms with Crippen molar-refractivity contribution in [3.05, 3.63) is 16.9 Å². The van der Waals surface area contributed by atoms with E-state index in [0.29, 0.717) is 23.6 Å². The number of rotatable bonds is 3. The van der Waals surface area contributed by atoms with Gasteiger partial charge in [-0.15, -0.1) is 0 Å². The lowest BCUT2D eigenvalue weighted by Gasteiger charge is -2.27. The molecule has 0 spiro atoms. The van der Waals surface area contributed by atoms with Crippen LogP contribution in [0.5, 0.6) is 0 Å². The van der Waals surface area contributed by atoms with E-state index in [0.717, 1.165) is 6.42 Å². The van der Waals surface area contributed by atoms with Crippen molar-refractivity contribution in [2.75, 3.05) is 5.75 Å². The number of hydrogen-bond donors (Lipinski definition) is 1. The van der Waals surface area contributed by atoms with Gasteiger partial charge in [-0.25, -0.2) is 8.42 Å². The molecule has 1 aliphatic rings. The van der Waals surface area contributed by atoms with Crippen LogP contribution in [0, 0.1) is 0 Å². The van der Waals surface area contributed by atoms with Crippen LogP contribution < -0.4 is 0 Å². The quantitative estimate of drug-likeness (QED) is 0.928. The summed E-state index contributed by atoms with van der Waals surface area (Å²) in [6.45, 7) is 3.82. The van der Waals surface area contributed by atoms with E-state index >= 15 is 0 Å². The van der Waals surface area contributed by atoms with Crippen molar-refractivity contribution in [3.63, 3.8) is 0 Å². The van der Waals surface area contributed by atoms with E-state index in [1.807, 2.05) is 13.8 Å². The van der Waals surface area contributed by atoms with Gasteiger partial charge in [-0.1, -0.05) is 18.0 Å². The van der Waals surface area contributed by atoms with E-state index in [2.05, 4.69) is 5.10 Å². The number of aromatic nitrogens is 2. The summed E-state index contributed by atoms with van der Waals surface area (Å²) in [5.41, 5.74) is 0.409. The van der Waals surface area contributed by atoms with Crippen LogP contribution in [0.15, 0.2) is 6.20 Å². The molecule has 0 amide bonds. The zero-order valence-electron chi connectivity index (χ0n) is 11.1. The van der Waals surface area contributed by atoms with Crippen LogP contribution in [-0.4, -0.2) is 34.3 Å². The summed E-state index contributed by atoms with van der Waals surface area (Å²) < 4.78 is 25.8. The molecule has 0 aliphatic carbocycles. The number of aliphatic hydroxyl groups is 1. The van der Waals surface area contributed by atoms with Crippen LogP contribution in [0.25, 0.3) is 0 Å². The minimum absolute atomic E-state index is 0.0171. The maximum atomic E-state index is 12.1. The van der Waals surface area contributed by atoms with Crippen molar-refractivity contribution >= 4 is 21.4 Å². The normalized spacial score (nSPS) is 24.6. The molecule has 1 aromatic rings. The second-order valence-electron chi connectivity index (χ2n) is 5.26. The van der Waals surface area contributed by atoms with E-state index < -0.39 is 21.2 Å². The van der Waals surface area contributed by atoms with Crippen molar-refractivity contribution in [2.45, 2.75) is 50.5 Å². The van der Waals surface area contributed by atoms with Gasteiger partial charge in [0.1, 0.15) is 6.10 Å². The van der Waals surface area contributed by atoms with E-state index in [4.69, 9.17) is 11.6 Å². The van der Waals surface area contributed by atoms with Gasteiger partial charge < -0.3 is 5.11 Å². The molecule has 2 unspecified atom stereocenters. The SMILES string of the molecule is CC(C)n1ncc(Cl)c1C(O)C1CCCCS1(=O)=O. The van der Waals surface area contributed by atoms with E-state index in [-0.39, 0.29) is 11.8 Å². The number of nitrogens with zero attached hydrogens (tertiary/aromatic N) is 2. The highest BCUT2D eigenvalue weighted by Crippen LogP contribution is 2.34. The van der Waals surface area contributed by atoms with Crippen molar-refractivity contribution in [3.8, 4) is 0 Å². The highest BCUT2D eigenvalue weighted by atomic mass is 35.5. The molecule has 2 heterocycles. The average Bonchev–Trinajstić information content (AvgIpc) is 2.70. The first-order valence-electron chi connectivity index (χ1n) is 6.47. The first-order chi connectivity index (χ1) is 8.84. The maximum Gasteiger partial charge on any atom is 0.156 e. The number of sulfone groups is 1. The molecule has 0 radical (unpaired) electrons. The molecule has 0 aromatic carbocycles. The van der Waals surface area contributed by atoms with Gasteiger partial charge in [-0.2, -0.15) is 5.10 Å². The summed E-state index contributed by atoms with van der Waals surface area (Å²) in [4.78, 5) is 0. The summed E-state index contributed by atoms with van der Waals surface area (Å²) in [6.07, 6.45) is 2.30. The topological polar surface area (TPSA) is 72.2 Å². The van der Waals surface area contributed by atoms with Gasteiger partial charge in [0.15, 0.2) is 9.84 Å². The molecule has 7 heteroatoms. The van der Waals surface area contributed by atoms with Gasteiger partial charge in [-0.05, 0) is 26.7 Å². The van der Waals surface area contributed by atoms with Crippen LogP contribution in [0.1, 0.15) is 50.9 Å². The Bertz CT molecular complexity index is 553. The minimum atomic E-state index is -3.26. The summed E-state index contributed by atoms with van der Waals surface area (Å²) >= 11 is 6.06. The van der Waals surface area contributed by atoms with E-state index in [1.54, 1.807) is 4.68 Å². The monoisotopic (exact) mass is 306 g/mol. The van der Waals surface area contributed by atoms with Gasteiger partial charge in [0, 0.05) is 6.04 Å². The molecular formula is C12H19ClN2O3S. The van der Waals surface area contributed by atoms with Crippen LogP contribution >= 0.6 is 11.6 Å². The average molecular weight is 307 g/mol. The Hall–Kier alpha value is -0.590. The van der Waals surface area contributed by atoms with Crippen LogP contribution in [0.4, 0.5) is 0 Å². The lowest BCUT2D eigenvalue weighted by atomic mass is 10.1. The van der Waals surface area contributed by atoms with Gasteiger partial charge in [0.25, 0.3) is 0 Å². The Morgan fingerprint density at radius 1 is 1.47 bits per heavy atom. The number of halogens is 1. The van der Waals surface area contributed by atoms with E-state index in [9.17, 15) is 13.5 Å². The first kappa shape index (κ1) is 14.8. The molecule has 2 rings (SSSR count). The smallest absolute Gasteiger partial charge is 0.156 e. The molecule has 1 aliphatic heterocycles. The maximum absolute atomic E-state index is 12.1. The minimum Gasteiger partial charge on any atom is -0.385 e. The molecular weight excluding hydrogens is 288 g/mol. The standard InChI is InChI=1S/C12H19ClN2O3S/c1-8(2)15-11(9(13)7-14-15)12(16)10-5-3-4-6-19(10,17)18/h7-8,10,12,16H,3-6H2,1-2H3. The Morgan fingerprint density at radius 2 is 2.16 bits per heavy atom. The van der Waals surface area contributed by atoms with Gasteiger partial charge >= 0.3 is 0 Å². The molecule has 0 saturated carbocycles. The highest BCUT2D eigenvalue weighted by Gasteiger charge is 2.38. The van der Waals surface area contributed by atoms with Crippen molar-refractivity contribution in [1.82, 2.24) is 9.78 Å². The fourth-order valence-corrected chi connectivity index (χ4v) is 4.75. The summed E-state index contributed by atoms with van der Waals surface area (Å²) in [7, 11) is -3.26. The Balaban J connectivity index is 2.39. The molecule has 2 atom stereocenters. The molecule has 108 valence electrons. The molecule has 1 saturated heterocycles. The third-order valence-corrected chi connectivity index (χ3v) is 6.10. The predicted octanol–water partition coefficient (Wildman–Crippen LogP) is 2.12. The Kier molecular flexibility index (Phi) is 4.23. The lowest BCUT2D eigenvalue weighted by molar-refractivity contribution is 0.151. The Labute approximate surface area is 118 Å². The van der Waals surface area contributed by atoms with Crippen LogP contribution in [-0.2, 0) is 9.84 Å². The predicted molar refractivity (Wildman–Crippen MR) is 74.0 cm³/mol. The highest BCUT2D eigenvalue weighted by molar-refractivity contribution is 7.92. The second-order valence-corrected chi connectivity index (χ2v) is 8.01. The third kappa shape index (κ3) is 2.80. The van der Waals surface area contributed by atoms with E-state index in [1.165, 1.54) is 6.20 Å². The Morgan fingerprint density at radius 3 is 2.74 bits per heavy atom. The zero-order chi connectivity index (χ0) is 14.2. The first-order valence-corrected chi connectivity index (χ1v) is 8.56. The van der Waals surface area contributed by atoms with Gasteiger partial charge in [0.05, 0.1) is 27.9 Å². The summed E-state index contributed by atoms with van der Waals surface area (Å²) in [6, 6.07) is 0.0171. The zero-order valence-corrected chi connectivity index (χ0v) is 12.7. The lowest BCUT2D eigenvalue weighted by Crippen LogP contribution is -2.35. The van der Waals surface area contributed by atoms with Gasteiger partial charge in [-0.3, -0.25) is 4.68 Å². The molecule has 1 fully saturated rings. The fourth-order valence-electron chi connectivity index (χ4n) is 2.55. The molecule has 19 heavy (non-hydrogen) atoms. The molecule has 1 N–H and O–H groups in total. The van der Waals surface area contributed by atoms with Crippen LogP contribution in [0.2, 0.25) is 5.02 Å². The number of hydrogen-bond acceptors (Lipinski definition) is 4. The summed E-state index contributed by atoms with van der Waals surface area (Å²) in [5, 5.41) is 14.1. The third-order valence-electron chi connectivity index (χ3n) is 3.54. The fraction of sp³-hybridized carbons (Fsp3) is 0.750. The van der Waals surface area contributed by atoms with Crippen molar-refractivity contribution in [1.29, 1.82) is 0 Å². The largest absolute Gasteiger partial charge is 0.385 e. The molecule has 5 nitrogen and oxygen atoms in total. The summed E-state index contributed by atoms with van der Waals surface area (Å²) in [5.74, 6) is 0.141. The second kappa shape index (κ2) is 5.42. The molecule has 0 bridgehead atoms. The van der Waals surface area contributed by atoms with Crippen molar-refractivity contribution in [2.24, 2.45) is 0 Å². The number of aliphatic hydroxyl groups excluding tert-OH is 1. The van der Waals surface area contributed by atoms with Crippen molar-refractivity contribution < 1.29 is 13.5 Å². The van der Waals surface area contributed by atoms with Crippen LogP contribution in [0.3, 0.4) is 0 Å².